The molecule has 1 heterocycles. The number of hydrogen-bond acceptors (Lipinski definition) is 8. The fourth-order valence-electron chi connectivity index (χ4n) is 10.0. The summed E-state index contributed by atoms with van der Waals surface area (Å²) in [6.07, 6.45) is -0.260. The van der Waals surface area contributed by atoms with Gasteiger partial charge < -0.3 is 29.7 Å². The van der Waals surface area contributed by atoms with Crippen LogP contribution in [0, 0.1) is 22.7 Å². The average molecular weight is 664 g/mol. The lowest BCUT2D eigenvalue weighted by Crippen LogP contribution is -2.68. The maximum Gasteiger partial charge on any atom is 0.193 e. The standard InChI is InChI=1S/C38H43F2NO7/c1-35-14-13-24(43)17-27(35)28(39)11-10-25-26-18-33-38(32(45)20-42,36(26,2)19-31(44)37(25,35)40)48-34(47-33)23-8-5-21(6-9-23)15-22-7-12-29(41-3)30(16-22)46-4/h5-9,12-14,16-17,25-26,28,31,33-34,41-42,44H,10-11,15,18-20H2,1-4H3/t25-,26+,28+,31+,33-,34-,35+,36+,37+,38-/m1/s1. The lowest BCUT2D eigenvalue weighted by molar-refractivity contribution is -0.225. The van der Waals surface area contributed by atoms with Crippen LogP contribution in [0.3, 0.4) is 0 Å². The normalized spacial score (nSPS) is 39.8. The minimum absolute atomic E-state index is 0.0209. The molecule has 48 heavy (non-hydrogen) atoms. The summed E-state index contributed by atoms with van der Waals surface area (Å²) in [5, 5.41) is 25.2. The van der Waals surface area contributed by atoms with Crippen LogP contribution in [-0.2, 0) is 25.5 Å². The van der Waals surface area contributed by atoms with E-state index >= 15 is 8.78 Å². The number of methoxy groups -OCH3 is 1. The van der Waals surface area contributed by atoms with Gasteiger partial charge in [-0.3, -0.25) is 9.59 Å². The van der Waals surface area contributed by atoms with Gasteiger partial charge in [0.05, 0.1) is 25.0 Å². The number of ketones is 2. The number of alkyl halides is 2. The van der Waals surface area contributed by atoms with Gasteiger partial charge in [0.2, 0.25) is 0 Å². The molecule has 8 nitrogen and oxygen atoms in total. The Balaban J connectivity index is 1.19. The van der Waals surface area contributed by atoms with Crippen LogP contribution >= 0.6 is 0 Å². The van der Waals surface area contributed by atoms with Crippen molar-refractivity contribution in [3.63, 3.8) is 0 Å². The Morgan fingerprint density at radius 3 is 2.52 bits per heavy atom. The van der Waals surface area contributed by atoms with Crippen molar-refractivity contribution < 1.29 is 42.8 Å². The van der Waals surface area contributed by atoms with E-state index in [2.05, 4.69) is 5.32 Å². The molecule has 10 heteroatoms. The second-order valence-corrected chi connectivity index (χ2v) is 14.5. The number of allylic oxidation sites excluding steroid dienone is 4. The van der Waals surface area contributed by atoms with E-state index in [1.807, 2.05) is 56.4 Å². The molecule has 0 spiro atoms. The Labute approximate surface area is 279 Å². The topological polar surface area (TPSA) is 114 Å². The highest BCUT2D eigenvalue weighted by molar-refractivity contribution is 6.01. The largest absolute Gasteiger partial charge is 0.495 e. The molecular formula is C38H43F2NO7. The highest BCUT2D eigenvalue weighted by atomic mass is 19.1. The lowest BCUT2D eigenvalue weighted by atomic mass is 9.48. The fraction of sp³-hybridized carbons (Fsp3) is 0.526. The Morgan fingerprint density at radius 1 is 1.10 bits per heavy atom. The van der Waals surface area contributed by atoms with Gasteiger partial charge in [0.1, 0.15) is 18.5 Å². The van der Waals surface area contributed by atoms with Crippen LogP contribution < -0.4 is 10.1 Å². The number of Topliss-reactive ketones (excluding diaryl/α,β-unsaturated/α-hetero) is 1. The first-order valence-corrected chi connectivity index (χ1v) is 16.7. The van der Waals surface area contributed by atoms with Crippen molar-refractivity contribution in [1.29, 1.82) is 0 Å². The molecule has 4 fully saturated rings. The quantitative estimate of drug-likeness (QED) is 0.363. The van der Waals surface area contributed by atoms with Crippen LogP contribution in [0.25, 0.3) is 0 Å². The van der Waals surface area contributed by atoms with Crippen LogP contribution in [0.15, 0.2) is 66.3 Å². The van der Waals surface area contributed by atoms with Gasteiger partial charge in [0, 0.05) is 29.4 Å². The van der Waals surface area contributed by atoms with Crippen LogP contribution in [-0.4, -0.2) is 72.2 Å². The van der Waals surface area contributed by atoms with Gasteiger partial charge >= 0.3 is 0 Å². The number of nitrogens with one attached hydrogen (secondary N) is 1. The highest BCUT2D eigenvalue weighted by Crippen LogP contribution is 2.72. The molecule has 3 saturated carbocycles. The van der Waals surface area contributed by atoms with Gasteiger partial charge in [-0.05, 0) is 85.9 Å². The summed E-state index contributed by atoms with van der Waals surface area (Å²) in [4.78, 5) is 26.1. The van der Waals surface area contributed by atoms with E-state index in [-0.39, 0.29) is 31.3 Å². The van der Waals surface area contributed by atoms with E-state index in [1.165, 1.54) is 18.2 Å². The monoisotopic (exact) mass is 663 g/mol. The molecule has 1 saturated heterocycles. The van der Waals surface area contributed by atoms with Gasteiger partial charge in [-0.15, -0.1) is 0 Å². The number of rotatable bonds is 7. The predicted octanol–water partition coefficient (Wildman–Crippen LogP) is 5.36. The molecule has 256 valence electrons. The predicted molar refractivity (Wildman–Crippen MR) is 174 cm³/mol. The van der Waals surface area contributed by atoms with Gasteiger partial charge in [0.25, 0.3) is 0 Å². The number of aliphatic hydroxyl groups is 2. The summed E-state index contributed by atoms with van der Waals surface area (Å²) in [7, 11) is 3.47. The molecule has 10 atom stereocenters. The summed E-state index contributed by atoms with van der Waals surface area (Å²) in [6.45, 7) is 2.56. The molecule has 7 rings (SSSR count). The van der Waals surface area contributed by atoms with E-state index < -0.39 is 76.8 Å². The third-order valence-electron chi connectivity index (χ3n) is 12.4. The third-order valence-corrected chi connectivity index (χ3v) is 12.4. The number of anilines is 1. The Bertz CT molecular complexity index is 1690. The van der Waals surface area contributed by atoms with Gasteiger partial charge in [-0.1, -0.05) is 43.3 Å². The Morgan fingerprint density at radius 2 is 1.83 bits per heavy atom. The fourth-order valence-corrected chi connectivity index (χ4v) is 10.0. The molecule has 0 bridgehead atoms. The molecule has 2 aromatic rings. The molecular weight excluding hydrogens is 620 g/mol. The first kappa shape index (κ1) is 33.1. The summed E-state index contributed by atoms with van der Waals surface area (Å²) < 4.78 is 52.1. The number of benzene rings is 2. The summed E-state index contributed by atoms with van der Waals surface area (Å²) >= 11 is 0. The van der Waals surface area contributed by atoms with Gasteiger partial charge in [0.15, 0.2) is 29.1 Å². The van der Waals surface area contributed by atoms with E-state index in [0.717, 1.165) is 22.6 Å². The molecule has 0 radical (unpaired) electrons. The zero-order valence-electron chi connectivity index (χ0n) is 27.7. The summed E-state index contributed by atoms with van der Waals surface area (Å²) in [5.74, 6) is -1.64. The van der Waals surface area contributed by atoms with E-state index in [0.29, 0.717) is 12.0 Å². The minimum Gasteiger partial charge on any atom is -0.495 e. The second-order valence-electron chi connectivity index (χ2n) is 14.5. The number of halogens is 2. The molecule has 1 aliphatic heterocycles. The molecule has 2 aromatic carbocycles. The number of carbonyl (C=O) groups excluding carboxylic acids is 2. The van der Waals surface area contributed by atoms with Crippen molar-refractivity contribution in [2.45, 2.75) is 81.9 Å². The van der Waals surface area contributed by atoms with Crippen LogP contribution in [0.4, 0.5) is 14.5 Å². The van der Waals surface area contributed by atoms with Crippen molar-refractivity contribution in [1.82, 2.24) is 0 Å². The molecule has 0 aromatic heterocycles. The van der Waals surface area contributed by atoms with Crippen molar-refractivity contribution in [2.75, 3.05) is 26.1 Å². The molecule has 3 N–H and O–H groups in total. The SMILES string of the molecule is CNc1ccc(Cc2ccc([C@@H]3O[C@@H]4C[C@H]5[C@H]6CC[C@H](F)C7=CC(=O)C=C[C@]7(C)[C@@]6(F)[C@@H](O)C[C@]5(C)[C@]4(C(=O)CO)O3)cc2)cc1OC. The zero-order chi connectivity index (χ0) is 34.2. The van der Waals surface area contributed by atoms with Crippen LogP contribution in [0.5, 0.6) is 5.75 Å². The van der Waals surface area contributed by atoms with Crippen LogP contribution in [0.1, 0.15) is 62.5 Å². The maximum absolute atomic E-state index is 17.9. The summed E-state index contributed by atoms with van der Waals surface area (Å²) in [5.41, 5.74) is -2.91. The number of hydrogen-bond donors (Lipinski definition) is 3. The van der Waals surface area contributed by atoms with E-state index in [9.17, 15) is 19.8 Å². The molecule has 5 aliphatic rings. The van der Waals surface area contributed by atoms with E-state index in [1.54, 1.807) is 14.0 Å². The smallest absolute Gasteiger partial charge is 0.193 e. The first-order chi connectivity index (χ1) is 22.9. The molecule has 0 unspecified atom stereocenters. The van der Waals surface area contributed by atoms with Crippen molar-refractivity contribution >= 4 is 17.3 Å². The summed E-state index contributed by atoms with van der Waals surface area (Å²) in [6, 6.07) is 13.7. The van der Waals surface area contributed by atoms with Crippen molar-refractivity contribution in [3.05, 3.63) is 83.0 Å². The second kappa shape index (κ2) is 11.6. The first-order valence-electron chi connectivity index (χ1n) is 16.7. The minimum atomic E-state index is -2.31. The lowest BCUT2D eigenvalue weighted by Gasteiger charge is -2.59. The maximum atomic E-state index is 17.9. The number of fused-ring (bicyclic) bond motifs is 7. The zero-order valence-corrected chi connectivity index (χ0v) is 27.7. The van der Waals surface area contributed by atoms with Crippen molar-refractivity contribution in [3.8, 4) is 5.75 Å². The van der Waals surface area contributed by atoms with Gasteiger partial charge in [-0.25, -0.2) is 8.78 Å². The molecule has 4 aliphatic carbocycles. The van der Waals surface area contributed by atoms with Crippen molar-refractivity contribution in [2.24, 2.45) is 22.7 Å². The Kier molecular flexibility index (Phi) is 7.98. The van der Waals surface area contributed by atoms with E-state index in [4.69, 9.17) is 14.2 Å². The Hall–Kier alpha value is -3.44. The highest BCUT2D eigenvalue weighted by Gasteiger charge is 2.79. The number of ether oxygens (including phenoxy) is 3. The number of aliphatic hydroxyl groups excluding tert-OH is 2. The third kappa shape index (κ3) is 4.45. The average Bonchev–Trinajstić information content (AvgIpc) is 3.55. The molecule has 0 amide bonds. The van der Waals surface area contributed by atoms with Gasteiger partial charge in [-0.2, -0.15) is 0 Å². The van der Waals surface area contributed by atoms with Crippen LogP contribution in [0.2, 0.25) is 0 Å². The number of carbonyl (C=O) groups is 2.